The Kier molecular flexibility index (Phi) is 5.43. The van der Waals surface area contributed by atoms with Gasteiger partial charge < -0.3 is 14.6 Å². The molecule has 3 aromatic carbocycles. The molecule has 0 bridgehead atoms. The number of carbonyl (C=O) groups excluding carboxylic acids is 1. The predicted octanol–water partition coefficient (Wildman–Crippen LogP) is 3.91. The molecular weight excluding hydrogens is 382 g/mol. The Hall–Kier alpha value is -4.13. The number of methoxy groups -OCH3 is 1. The molecule has 0 aliphatic rings. The van der Waals surface area contributed by atoms with E-state index in [4.69, 9.17) is 9.47 Å². The number of ether oxygens (including phenoxy) is 2. The largest absolute Gasteiger partial charge is 0.508 e. The van der Waals surface area contributed by atoms with Crippen molar-refractivity contribution in [3.8, 4) is 34.6 Å². The van der Waals surface area contributed by atoms with E-state index in [0.717, 1.165) is 17.0 Å². The molecule has 4 rings (SSSR count). The van der Waals surface area contributed by atoms with Gasteiger partial charge in [0, 0.05) is 11.1 Å². The molecule has 7 heteroatoms. The summed E-state index contributed by atoms with van der Waals surface area (Å²) in [6.07, 6.45) is 0. The van der Waals surface area contributed by atoms with Crippen LogP contribution in [0.15, 0.2) is 78.9 Å². The van der Waals surface area contributed by atoms with Crippen molar-refractivity contribution in [3.63, 3.8) is 0 Å². The third-order valence-electron chi connectivity index (χ3n) is 4.46. The zero-order valence-corrected chi connectivity index (χ0v) is 16.2. The quantitative estimate of drug-likeness (QED) is 0.473. The van der Waals surface area contributed by atoms with Gasteiger partial charge in [-0.25, -0.2) is 4.68 Å². The van der Waals surface area contributed by atoms with Crippen LogP contribution in [0.4, 0.5) is 0 Å². The van der Waals surface area contributed by atoms with Crippen LogP contribution in [-0.2, 0) is 0 Å². The van der Waals surface area contributed by atoms with E-state index in [1.807, 2.05) is 30.3 Å². The molecule has 0 aliphatic carbocycles. The van der Waals surface area contributed by atoms with Gasteiger partial charge in [0.05, 0.1) is 12.8 Å². The van der Waals surface area contributed by atoms with Crippen molar-refractivity contribution in [2.75, 3.05) is 13.7 Å². The van der Waals surface area contributed by atoms with Gasteiger partial charge in [0.15, 0.2) is 18.2 Å². The Bertz CT molecular complexity index is 1140. The molecule has 1 N–H and O–H groups in total. The average molecular weight is 401 g/mol. The molecule has 30 heavy (non-hydrogen) atoms. The molecule has 1 aromatic heterocycles. The summed E-state index contributed by atoms with van der Waals surface area (Å²) in [7, 11) is 1.60. The number of hydrogen-bond acceptors (Lipinski definition) is 6. The summed E-state index contributed by atoms with van der Waals surface area (Å²) in [4.78, 5) is 16.8. The maximum atomic E-state index is 12.3. The van der Waals surface area contributed by atoms with Crippen LogP contribution < -0.4 is 9.47 Å². The highest BCUT2D eigenvalue weighted by atomic mass is 16.5. The SMILES string of the molecule is COc1ccc(-n2nc(OCC(=O)c3ccccc3)nc2-c2ccc(O)cc2)cc1. The van der Waals surface area contributed by atoms with E-state index in [-0.39, 0.29) is 24.2 Å². The van der Waals surface area contributed by atoms with Crippen LogP contribution in [0.1, 0.15) is 10.4 Å². The second-order valence-electron chi connectivity index (χ2n) is 6.45. The van der Waals surface area contributed by atoms with Gasteiger partial charge >= 0.3 is 6.01 Å². The molecule has 1 heterocycles. The number of phenols is 1. The summed E-state index contributed by atoms with van der Waals surface area (Å²) in [6.45, 7) is -0.175. The van der Waals surface area contributed by atoms with Crippen LogP contribution in [0.25, 0.3) is 17.1 Å². The standard InChI is InChI=1S/C23H19N3O4/c1-29-20-13-9-18(10-14-20)26-22(17-7-11-19(27)12-8-17)24-23(25-26)30-15-21(28)16-5-3-2-4-6-16/h2-14,27H,15H2,1H3. The van der Waals surface area contributed by atoms with E-state index in [1.165, 1.54) is 0 Å². The van der Waals surface area contributed by atoms with Crippen molar-refractivity contribution in [2.45, 2.75) is 0 Å². The third-order valence-corrected chi connectivity index (χ3v) is 4.46. The van der Waals surface area contributed by atoms with Gasteiger partial charge in [0.1, 0.15) is 11.5 Å². The van der Waals surface area contributed by atoms with Crippen LogP contribution in [0, 0.1) is 0 Å². The summed E-state index contributed by atoms with van der Waals surface area (Å²) in [5.74, 6) is 1.22. The number of Topliss-reactive ketones (excluding diaryl/α,β-unsaturated/α-hetero) is 1. The molecule has 7 nitrogen and oxygen atoms in total. The topological polar surface area (TPSA) is 86.5 Å². The number of hydrogen-bond donors (Lipinski definition) is 1. The Morgan fingerprint density at radius 2 is 1.67 bits per heavy atom. The average Bonchev–Trinajstić information content (AvgIpc) is 3.23. The number of phenolic OH excluding ortho intramolecular Hbond substituents is 1. The van der Waals surface area contributed by atoms with Crippen molar-refractivity contribution >= 4 is 5.78 Å². The third kappa shape index (κ3) is 4.15. The van der Waals surface area contributed by atoms with Gasteiger partial charge in [-0.15, -0.1) is 5.10 Å². The minimum atomic E-state index is -0.175. The van der Waals surface area contributed by atoms with Crippen LogP contribution in [0.5, 0.6) is 17.5 Å². The monoisotopic (exact) mass is 401 g/mol. The number of ketones is 1. The maximum Gasteiger partial charge on any atom is 0.336 e. The number of carbonyl (C=O) groups is 1. The second-order valence-corrected chi connectivity index (χ2v) is 6.45. The molecule has 0 unspecified atom stereocenters. The number of aromatic hydroxyl groups is 1. The van der Waals surface area contributed by atoms with Crippen molar-refractivity contribution < 1.29 is 19.4 Å². The molecule has 0 spiro atoms. The molecule has 4 aromatic rings. The second kappa shape index (κ2) is 8.48. The fourth-order valence-electron chi connectivity index (χ4n) is 2.89. The predicted molar refractivity (Wildman–Crippen MR) is 111 cm³/mol. The highest BCUT2D eigenvalue weighted by molar-refractivity contribution is 5.97. The van der Waals surface area contributed by atoms with Crippen molar-refractivity contribution in [3.05, 3.63) is 84.4 Å². The molecule has 0 radical (unpaired) electrons. The lowest BCUT2D eigenvalue weighted by atomic mass is 10.1. The molecule has 0 saturated carbocycles. The van der Waals surface area contributed by atoms with Gasteiger partial charge in [-0.05, 0) is 48.5 Å². The minimum Gasteiger partial charge on any atom is -0.508 e. The van der Waals surface area contributed by atoms with E-state index in [9.17, 15) is 9.90 Å². The summed E-state index contributed by atoms with van der Waals surface area (Å²) in [5.41, 5.74) is 2.04. The number of benzene rings is 3. The van der Waals surface area contributed by atoms with Gasteiger partial charge in [-0.3, -0.25) is 4.79 Å². The molecule has 150 valence electrons. The first-order valence-corrected chi connectivity index (χ1v) is 9.26. The van der Waals surface area contributed by atoms with Gasteiger partial charge in [0.2, 0.25) is 0 Å². The maximum absolute atomic E-state index is 12.3. The molecule has 0 aliphatic heterocycles. The number of nitrogens with zero attached hydrogens (tertiary/aromatic N) is 3. The molecule has 0 amide bonds. The van der Waals surface area contributed by atoms with Crippen LogP contribution >= 0.6 is 0 Å². The smallest absolute Gasteiger partial charge is 0.336 e. The lowest BCUT2D eigenvalue weighted by molar-refractivity contribution is 0.0914. The summed E-state index contributed by atoms with van der Waals surface area (Å²) < 4.78 is 12.4. The van der Waals surface area contributed by atoms with Gasteiger partial charge in [-0.1, -0.05) is 30.3 Å². The van der Waals surface area contributed by atoms with Crippen molar-refractivity contribution in [1.82, 2.24) is 14.8 Å². The highest BCUT2D eigenvalue weighted by Gasteiger charge is 2.16. The Morgan fingerprint density at radius 1 is 0.967 bits per heavy atom. The first-order chi connectivity index (χ1) is 14.6. The zero-order valence-electron chi connectivity index (χ0n) is 16.2. The molecular formula is C23H19N3O4. The molecule has 0 saturated heterocycles. The summed E-state index contributed by atoms with van der Waals surface area (Å²) in [5, 5.41) is 14.0. The fourth-order valence-corrected chi connectivity index (χ4v) is 2.89. The Balaban J connectivity index is 1.64. The molecule has 0 atom stereocenters. The van der Waals surface area contributed by atoms with E-state index < -0.39 is 0 Å². The first-order valence-electron chi connectivity index (χ1n) is 9.26. The lowest BCUT2D eigenvalue weighted by Crippen LogP contribution is -2.12. The van der Waals surface area contributed by atoms with Crippen molar-refractivity contribution in [2.24, 2.45) is 0 Å². The van der Waals surface area contributed by atoms with E-state index >= 15 is 0 Å². The number of aromatic nitrogens is 3. The number of rotatable bonds is 7. The van der Waals surface area contributed by atoms with E-state index in [0.29, 0.717) is 11.4 Å². The first kappa shape index (κ1) is 19.2. The lowest BCUT2D eigenvalue weighted by Gasteiger charge is -2.07. The van der Waals surface area contributed by atoms with Gasteiger partial charge in [-0.2, -0.15) is 4.98 Å². The normalized spacial score (nSPS) is 10.6. The summed E-state index contributed by atoms with van der Waals surface area (Å²) in [6, 6.07) is 22.9. The van der Waals surface area contributed by atoms with Crippen LogP contribution in [0.3, 0.4) is 0 Å². The van der Waals surface area contributed by atoms with Crippen LogP contribution in [0.2, 0.25) is 0 Å². The van der Waals surface area contributed by atoms with Gasteiger partial charge in [0.25, 0.3) is 0 Å². The highest BCUT2D eigenvalue weighted by Crippen LogP contribution is 2.26. The van der Waals surface area contributed by atoms with Crippen molar-refractivity contribution in [1.29, 1.82) is 0 Å². The Labute approximate surface area is 173 Å². The van der Waals surface area contributed by atoms with Crippen LogP contribution in [-0.4, -0.2) is 39.4 Å². The Morgan fingerprint density at radius 3 is 2.33 bits per heavy atom. The zero-order chi connectivity index (χ0) is 20.9. The van der Waals surface area contributed by atoms with E-state index in [2.05, 4.69) is 10.1 Å². The fraction of sp³-hybridized carbons (Fsp3) is 0.0870. The minimum absolute atomic E-state index is 0.0816. The van der Waals surface area contributed by atoms with E-state index in [1.54, 1.807) is 60.3 Å². The molecule has 0 fully saturated rings. The summed E-state index contributed by atoms with van der Waals surface area (Å²) >= 11 is 0.